The van der Waals surface area contributed by atoms with Gasteiger partial charge >= 0.3 is 5.97 Å². The standard InChI is InChI=1S/C13H11FN2O3S/c1-19-12(18)7-5-10(17)16(6-7)13-15-11-8(14)3-2-4-9(11)20-13/h2-4,7H,5-6H2,1H3. The maximum atomic E-state index is 13.6. The van der Waals surface area contributed by atoms with Gasteiger partial charge in [-0.1, -0.05) is 17.4 Å². The predicted octanol–water partition coefficient (Wildman–Crippen LogP) is 1.96. The lowest BCUT2D eigenvalue weighted by atomic mass is 10.1. The molecule has 7 heteroatoms. The highest BCUT2D eigenvalue weighted by Crippen LogP contribution is 2.33. The summed E-state index contributed by atoms with van der Waals surface area (Å²) in [5.74, 6) is -1.50. The molecule has 2 aromatic rings. The van der Waals surface area contributed by atoms with Crippen molar-refractivity contribution >= 4 is 38.6 Å². The second-order valence-corrected chi connectivity index (χ2v) is 5.52. The topological polar surface area (TPSA) is 59.5 Å². The Balaban J connectivity index is 1.93. The van der Waals surface area contributed by atoms with Crippen molar-refractivity contribution < 1.29 is 18.7 Å². The molecular formula is C13H11FN2O3S. The van der Waals surface area contributed by atoms with Crippen molar-refractivity contribution in [2.24, 2.45) is 5.92 Å². The van der Waals surface area contributed by atoms with E-state index < -0.39 is 17.7 Å². The summed E-state index contributed by atoms with van der Waals surface area (Å²) >= 11 is 1.24. The van der Waals surface area contributed by atoms with Gasteiger partial charge in [-0.2, -0.15) is 0 Å². The average Bonchev–Trinajstić information content (AvgIpc) is 3.02. The molecule has 0 spiro atoms. The molecule has 0 radical (unpaired) electrons. The van der Waals surface area contributed by atoms with Crippen molar-refractivity contribution in [1.82, 2.24) is 4.98 Å². The fraction of sp³-hybridized carbons (Fsp3) is 0.308. The smallest absolute Gasteiger partial charge is 0.311 e. The van der Waals surface area contributed by atoms with Crippen LogP contribution in [0.4, 0.5) is 9.52 Å². The zero-order valence-electron chi connectivity index (χ0n) is 10.6. The van der Waals surface area contributed by atoms with Crippen molar-refractivity contribution in [2.45, 2.75) is 6.42 Å². The summed E-state index contributed by atoms with van der Waals surface area (Å²) in [6.45, 7) is 0.229. The van der Waals surface area contributed by atoms with Crippen molar-refractivity contribution in [3.8, 4) is 0 Å². The Bertz CT molecular complexity index is 700. The molecule has 104 valence electrons. The van der Waals surface area contributed by atoms with Gasteiger partial charge in [0.1, 0.15) is 11.3 Å². The molecule has 3 rings (SSSR count). The van der Waals surface area contributed by atoms with E-state index in [1.54, 1.807) is 12.1 Å². The van der Waals surface area contributed by atoms with Crippen LogP contribution in [0.15, 0.2) is 18.2 Å². The number of anilines is 1. The number of ether oxygens (including phenoxy) is 1. The second-order valence-electron chi connectivity index (χ2n) is 4.51. The molecule has 5 nitrogen and oxygen atoms in total. The number of para-hydroxylation sites is 1. The van der Waals surface area contributed by atoms with Gasteiger partial charge in [-0.05, 0) is 12.1 Å². The van der Waals surface area contributed by atoms with Crippen LogP contribution in [0.1, 0.15) is 6.42 Å². The second kappa shape index (κ2) is 4.82. The number of esters is 1. The highest BCUT2D eigenvalue weighted by Gasteiger charge is 2.37. The summed E-state index contributed by atoms with van der Waals surface area (Å²) in [5, 5.41) is 0.418. The van der Waals surface area contributed by atoms with Crippen molar-refractivity contribution in [1.29, 1.82) is 0 Å². The number of nitrogens with zero attached hydrogens (tertiary/aromatic N) is 2. The van der Waals surface area contributed by atoms with Gasteiger partial charge in [0.2, 0.25) is 5.91 Å². The number of rotatable bonds is 2. The number of halogens is 1. The zero-order valence-corrected chi connectivity index (χ0v) is 11.4. The Morgan fingerprint density at radius 3 is 3.05 bits per heavy atom. The number of carbonyl (C=O) groups excluding carboxylic acids is 2. The molecular weight excluding hydrogens is 283 g/mol. The molecule has 1 aliphatic heterocycles. The van der Waals surface area contributed by atoms with E-state index >= 15 is 0 Å². The number of benzene rings is 1. The van der Waals surface area contributed by atoms with Gasteiger partial charge in [0.15, 0.2) is 5.13 Å². The van der Waals surface area contributed by atoms with Crippen molar-refractivity contribution in [3.05, 3.63) is 24.0 Å². The van der Waals surface area contributed by atoms with Crippen molar-refractivity contribution in [2.75, 3.05) is 18.6 Å². The minimum Gasteiger partial charge on any atom is -0.469 e. The van der Waals surface area contributed by atoms with E-state index in [0.29, 0.717) is 9.83 Å². The Kier molecular flexibility index (Phi) is 3.13. The first-order valence-electron chi connectivity index (χ1n) is 6.03. The number of hydrogen-bond donors (Lipinski definition) is 0. The van der Waals surface area contributed by atoms with Crippen LogP contribution >= 0.6 is 11.3 Å². The van der Waals surface area contributed by atoms with Gasteiger partial charge < -0.3 is 4.74 Å². The maximum Gasteiger partial charge on any atom is 0.311 e. The zero-order chi connectivity index (χ0) is 14.3. The Morgan fingerprint density at radius 2 is 2.35 bits per heavy atom. The van der Waals surface area contributed by atoms with Gasteiger partial charge in [-0.25, -0.2) is 9.37 Å². The summed E-state index contributed by atoms with van der Waals surface area (Å²) in [6.07, 6.45) is 0.102. The number of methoxy groups -OCH3 is 1. The van der Waals surface area contributed by atoms with Gasteiger partial charge in [-0.15, -0.1) is 0 Å². The number of aromatic nitrogens is 1. The molecule has 1 aromatic carbocycles. The van der Waals surface area contributed by atoms with Crippen LogP contribution in [-0.4, -0.2) is 30.5 Å². The molecule has 0 aliphatic carbocycles. The number of amides is 1. The van der Waals surface area contributed by atoms with E-state index in [1.165, 1.54) is 29.4 Å². The fourth-order valence-electron chi connectivity index (χ4n) is 2.24. The number of carbonyl (C=O) groups is 2. The minimum absolute atomic E-state index is 0.102. The molecule has 0 bridgehead atoms. The molecule has 0 N–H and O–H groups in total. The SMILES string of the molecule is COC(=O)C1CC(=O)N(c2nc3c(F)cccc3s2)C1. The summed E-state index contributed by atoms with van der Waals surface area (Å²) < 4.78 is 18.9. The van der Waals surface area contributed by atoms with Crippen molar-refractivity contribution in [3.63, 3.8) is 0 Å². The minimum atomic E-state index is -0.482. The van der Waals surface area contributed by atoms with E-state index in [9.17, 15) is 14.0 Å². The van der Waals surface area contributed by atoms with E-state index in [2.05, 4.69) is 9.72 Å². The highest BCUT2D eigenvalue weighted by atomic mass is 32.1. The van der Waals surface area contributed by atoms with Gasteiger partial charge in [-0.3, -0.25) is 14.5 Å². The van der Waals surface area contributed by atoms with Crippen LogP contribution in [-0.2, 0) is 14.3 Å². The first kappa shape index (κ1) is 13.0. The lowest BCUT2D eigenvalue weighted by molar-refractivity contribution is -0.145. The molecule has 1 saturated heterocycles. The van der Waals surface area contributed by atoms with E-state index in [1.807, 2.05) is 0 Å². The Labute approximate surface area is 118 Å². The normalized spacial score (nSPS) is 18.8. The molecule has 0 saturated carbocycles. The molecule has 1 aromatic heterocycles. The Hall–Kier alpha value is -2.02. The van der Waals surface area contributed by atoms with E-state index in [0.717, 1.165) is 0 Å². The lowest BCUT2D eigenvalue weighted by Gasteiger charge is -2.11. The molecule has 1 amide bonds. The maximum absolute atomic E-state index is 13.6. The highest BCUT2D eigenvalue weighted by molar-refractivity contribution is 7.22. The third kappa shape index (κ3) is 2.03. The number of thiazole rings is 1. The third-order valence-corrected chi connectivity index (χ3v) is 4.29. The van der Waals surface area contributed by atoms with Gasteiger partial charge in [0.25, 0.3) is 0 Å². The lowest BCUT2D eigenvalue weighted by Crippen LogP contribution is -2.25. The molecule has 20 heavy (non-hydrogen) atoms. The van der Waals surface area contributed by atoms with Gasteiger partial charge in [0.05, 0.1) is 17.7 Å². The van der Waals surface area contributed by atoms with Gasteiger partial charge in [0, 0.05) is 13.0 Å². The molecule has 1 aliphatic rings. The predicted molar refractivity (Wildman–Crippen MR) is 72.1 cm³/mol. The van der Waals surface area contributed by atoms with E-state index in [4.69, 9.17) is 0 Å². The first-order valence-corrected chi connectivity index (χ1v) is 6.85. The van der Waals surface area contributed by atoms with Crippen LogP contribution in [0.25, 0.3) is 10.2 Å². The summed E-state index contributed by atoms with van der Waals surface area (Å²) in [7, 11) is 1.29. The van der Waals surface area contributed by atoms with Crippen LogP contribution in [0, 0.1) is 11.7 Å². The fourth-order valence-corrected chi connectivity index (χ4v) is 3.24. The van der Waals surface area contributed by atoms with Crippen LogP contribution in [0.3, 0.4) is 0 Å². The quantitative estimate of drug-likeness (QED) is 0.794. The summed E-state index contributed by atoms with van der Waals surface area (Å²) in [4.78, 5) is 29.0. The average molecular weight is 294 g/mol. The van der Waals surface area contributed by atoms with Crippen LogP contribution in [0.5, 0.6) is 0 Å². The van der Waals surface area contributed by atoms with Crippen LogP contribution in [0.2, 0.25) is 0 Å². The molecule has 1 atom stereocenters. The van der Waals surface area contributed by atoms with Crippen LogP contribution < -0.4 is 4.90 Å². The number of fused-ring (bicyclic) bond motifs is 1. The monoisotopic (exact) mass is 294 g/mol. The summed E-state index contributed by atoms with van der Waals surface area (Å²) in [5.41, 5.74) is 0.252. The number of hydrogen-bond acceptors (Lipinski definition) is 5. The molecule has 1 unspecified atom stereocenters. The molecule has 2 heterocycles. The first-order chi connectivity index (χ1) is 9.60. The van der Waals surface area contributed by atoms with E-state index in [-0.39, 0.29) is 24.4 Å². The summed E-state index contributed by atoms with van der Waals surface area (Å²) in [6, 6.07) is 4.68. The largest absolute Gasteiger partial charge is 0.469 e. The third-order valence-electron chi connectivity index (χ3n) is 3.25. The molecule has 1 fully saturated rings. The Morgan fingerprint density at radius 1 is 1.55 bits per heavy atom.